The van der Waals surface area contributed by atoms with Crippen LogP contribution in [0.3, 0.4) is 0 Å². The number of nitrogens with zero attached hydrogens (tertiary/aromatic N) is 2. The van der Waals surface area contributed by atoms with E-state index in [1.54, 1.807) is 6.07 Å². The van der Waals surface area contributed by atoms with Crippen LogP contribution in [0.25, 0.3) is 0 Å². The van der Waals surface area contributed by atoms with Crippen molar-refractivity contribution in [1.82, 2.24) is 10.6 Å². The molecule has 6 nitrogen and oxygen atoms in total. The second kappa shape index (κ2) is 10.0. The van der Waals surface area contributed by atoms with Crippen molar-refractivity contribution >= 4 is 17.4 Å². The van der Waals surface area contributed by atoms with Gasteiger partial charge in [0.1, 0.15) is 5.82 Å². The lowest BCUT2D eigenvalue weighted by atomic mass is 10.0. The first-order valence-electron chi connectivity index (χ1n) is 11.1. The highest BCUT2D eigenvalue weighted by molar-refractivity contribution is 5.74. The molecule has 0 bridgehead atoms. The molecule has 0 spiro atoms. The first-order chi connectivity index (χ1) is 15.1. The zero-order chi connectivity index (χ0) is 21.6. The van der Waals surface area contributed by atoms with Gasteiger partial charge >= 0.3 is 6.03 Å². The van der Waals surface area contributed by atoms with Crippen molar-refractivity contribution in [3.8, 4) is 0 Å². The fraction of sp³-hybridized carbons (Fsp3) is 0.458. The summed E-state index contributed by atoms with van der Waals surface area (Å²) in [6.07, 6.45) is 1.81. The zero-order valence-corrected chi connectivity index (χ0v) is 18.1. The number of benzene rings is 2. The lowest BCUT2D eigenvalue weighted by Crippen LogP contribution is -2.50. The Labute approximate surface area is 183 Å². The number of carbonyl (C=O) groups excluding carboxylic acids is 1. The number of piperidine rings is 1. The van der Waals surface area contributed by atoms with Crippen LogP contribution >= 0.6 is 0 Å². The lowest BCUT2D eigenvalue weighted by molar-refractivity contribution is 0.122. The number of amides is 2. The number of rotatable bonds is 5. The highest BCUT2D eigenvalue weighted by atomic mass is 19.1. The Morgan fingerprint density at radius 1 is 1.10 bits per heavy atom. The number of anilines is 2. The fourth-order valence-electron chi connectivity index (χ4n) is 4.36. The van der Waals surface area contributed by atoms with Crippen LogP contribution in [0, 0.1) is 12.7 Å². The molecular weight excluding hydrogens is 395 g/mol. The molecule has 2 aliphatic rings. The summed E-state index contributed by atoms with van der Waals surface area (Å²) in [4.78, 5) is 16.9. The molecule has 2 aromatic rings. The van der Waals surface area contributed by atoms with Crippen molar-refractivity contribution in [2.75, 3.05) is 49.2 Å². The Bertz CT molecular complexity index is 901. The van der Waals surface area contributed by atoms with Crippen molar-refractivity contribution in [3.63, 3.8) is 0 Å². The third kappa shape index (κ3) is 5.47. The average Bonchev–Trinajstić information content (AvgIpc) is 2.80. The van der Waals surface area contributed by atoms with E-state index in [4.69, 9.17) is 4.74 Å². The van der Waals surface area contributed by atoms with Gasteiger partial charge in [0, 0.05) is 44.5 Å². The molecule has 1 unspecified atom stereocenters. The van der Waals surface area contributed by atoms with E-state index in [1.807, 2.05) is 36.1 Å². The van der Waals surface area contributed by atoms with Crippen molar-refractivity contribution in [2.24, 2.45) is 0 Å². The molecule has 2 aliphatic heterocycles. The molecule has 1 atom stereocenters. The Morgan fingerprint density at radius 3 is 2.74 bits per heavy atom. The van der Waals surface area contributed by atoms with Crippen LogP contribution in [0.4, 0.5) is 20.6 Å². The van der Waals surface area contributed by atoms with E-state index in [0.717, 1.165) is 62.5 Å². The summed E-state index contributed by atoms with van der Waals surface area (Å²) in [5, 5.41) is 6.07. The molecule has 166 valence electrons. The number of nitrogens with one attached hydrogen (secondary N) is 2. The normalized spacial score (nSPS) is 19.2. The van der Waals surface area contributed by atoms with Gasteiger partial charge in [0.15, 0.2) is 0 Å². The van der Waals surface area contributed by atoms with E-state index >= 15 is 0 Å². The minimum Gasteiger partial charge on any atom is -0.378 e. The highest BCUT2D eigenvalue weighted by Crippen LogP contribution is 2.25. The van der Waals surface area contributed by atoms with Crippen molar-refractivity contribution in [1.29, 1.82) is 0 Å². The van der Waals surface area contributed by atoms with Crippen LogP contribution in [0.2, 0.25) is 0 Å². The summed E-state index contributed by atoms with van der Waals surface area (Å²) in [6, 6.07) is 13.1. The van der Waals surface area contributed by atoms with Gasteiger partial charge in [-0.1, -0.05) is 24.3 Å². The molecule has 4 rings (SSSR count). The lowest BCUT2D eigenvalue weighted by Gasteiger charge is -2.35. The van der Waals surface area contributed by atoms with Gasteiger partial charge in [-0.3, -0.25) is 0 Å². The van der Waals surface area contributed by atoms with E-state index in [2.05, 4.69) is 21.6 Å². The molecule has 2 amide bonds. The molecule has 2 aromatic carbocycles. The summed E-state index contributed by atoms with van der Waals surface area (Å²) in [6.45, 7) is 7.00. The predicted octanol–water partition coefficient (Wildman–Crippen LogP) is 3.44. The van der Waals surface area contributed by atoms with Crippen LogP contribution in [0.1, 0.15) is 24.0 Å². The number of aryl methyl sites for hydroxylation is 1. The van der Waals surface area contributed by atoms with E-state index in [1.165, 1.54) is 6.07 Å². The third-order valence-corrected chi connectivity index (χ3v) is 5.98. The van der Waals surface area contributed by atoms with Gasteiger partial charge < -0.3 is 25.2 Å². The van der Waals surface area contributed by atoms with Crippen molar-refractivity contribution in [2.45, 2.75) is 32.4 Å². The fourth-order valence-corrected chi connectivity index (χ4v) is 4.36. The van der Waals surface area contributed by atoms with Crippen LogP contribution in [-0.4, -0.2) is 51.5 Å². The van der Waals surface area contributed by atoms with Gasteiger partial charge in [0.05, 0.1) is 18.9 Å². The van der Waals surface area contributed by atoms with Gasteiger partial charge in [0.2, 0.25) is 0 Å². The van der Waals surface area contributed by atoms with E-state index in [0.29, 0.717) is 18.8 Å². The number of para-hydroxylation sites is 1. The molecule has 2 N–H and O–H groups in total. The maximum atomic E-state index is 14.3. The minimum absolute atomic E-state index is 0.0110. The number of urea groups is 1. The summed E-state index contributed by atoms with van der Waals surface area (Å²) in [5.41, 5.74) is 3.88. The standard InChI is InChI=1S/C24H31FN4O2/c1-18-8-9-21(25)23(15-18)29-10-4-6-20(17-29)27-24(30)26-16-19-5-2-3-7-22(19)28-11-13-31-14-12-28/h2-3,5,7-9,15,20H,4,6,10-14,16-17H2,1H3,(H2,26,27,30). The Hall–Kier alpha value is -2.80. The SMILES string of the molecule is Cc1ccc(F)c(N2CCCC(NC(=O)NCc3ccccc3N3CCOCC3)C2)c1. The smallest absolute Gasteiger partial charge is 0.315 e. The van der Waals surface area contributed by atoms with E-state index in [9.17, 15) is 9.18 Å². The van der Waals surface area contributed by atoms with Gasteiger partial charge in [0.25, 0.3) is 0 Å². The Kier molecular flexibility index (Phi) is 6.92. The molecular formula is C24H31FN4O2. The average molecular weight is 427 g/mol. The zero-order valence-electron chi connectivity index (χ0n) is 18.1. The van der Waals surface area contributed by atoms with E-state index < -0.39 is 0 Å². The maximum absolute atomic E-state index is 14.3. The monoisotopic (exact) mass is 426 g/mol. The van der Waals surface area contributed by atoms with Crippen molar-refractivity contribution in [3.05, 3.63) is 59.4 Å². The summed E-state index contributed by atoms with van der Waals surface area (Å²) < 4.78 is 19.7. The summed E-state index contributed by atoms with van der Waals surface area (Å²) >= 11 is 0. The third-order valence-electron chi connectivity index (χ3n) is 5.98. The van der Waals surface area contributed by atoms with Gasteiger partial charge in [-0.25, -0.2) is 9.18 Å². The summed E-state index contributed by atoms with van der Waals surface area (Å²) in [5.74, 6) is -0.213. The number of carbonyl (C=O) groups is 1. The molecule has 31 heavy (non-hydrogen) atoms. The van der Waals surface area contributed by atoms with Gasteiger partial charge in [-0.15, -0.1) is 0 Å². The number of halogens is 1. The van der Waals surface area contributed by atoms with Crippen molar-refractivity contribution < 1.29 is 13.9 Å². The molecule has 7 heteroatoms. The van der Waals surface area contributed by atoms with Gasteiger partial charge in [-0.05, 0) is 49.1 Å². The molecule has 0 saturated carbocycles. The number of hydrogen-bond acceptors (Lipinski definition) is 4. The van der Waals surface area contributed by atoms with Crippen LogP contribution in [0.5, 0.6) is 0 Å². The first kappa shape index (κ1) is 21.4. The van der Waals surface area contributed by atoms with Crippen LogP contribution < -0.4 is 20.4 Å². The topological polar surface area (TPSA) is 56.8 Å². The Balaban J connectivity index is 1.33. The largest absolute Gasteiger partial charge is 0.378 e. The van der Waals surface area contributed by atoms with Gasteiger partial charge in [-0.2, -0.15) is 0 Å². The van der Waals surface area contributed by atoms with Crippen LogP contribution in [-0.2, 0) is 11.3 Å². The second-order valence-electron chi connectivity index (χ2n) is 8.30. The highest BCUT2D eigenvalue weighted by Gasteiger charge is 2.23. The number of morpholine rings is 1. The number of hydrogen-bond donors (Lipinski definition) is 2. The minimum atomic E-state index is -0.213. The molecule has 0 aliphatic carbocycles. The first-order valence-corrected chi connectivity index (χ1v) is 11.1. The Morgan fingerprint density at radius 2 is 1.90 bits per heavy atom. The quantitative estimate of drug-likeness (QED) is 0.769. The molecule has 0 aromatic heterocycles. The predicted molar refractivity (Wildman–Crippen MR) is 121 cm³/mol. The number of ether oxygens (including phenoxy) is 1. The molecule has 2 fully saturated rings. The van der Waals surface area contributed by atoms with Crippen LogP contribution in [0.15, 0.2) is 42.5 Å². The summed E-state index contributed by atoms with van der Waals surface area (Å²) in [7, 11) is 0. The second-order valence-corrected chi connectivity index (χ2v) is 8.30. The van der Waals surface area contributed by atoms with E-state index in [-0.39, 0.29) is 17.9 Å². The molecule has 2 heterocycles. The molecule has 0 radical (unpaired) electrons. The molecule has 2 saturated heterocycles. The maximum Gasteiger partial charge on any atom is 0.315 e.